The number of hydrogen-bond donors (Lipinski definition) is 2. The van der Waals surface area contributed by atoms with Crippen LogP contribution in [0.2, 0.25) is 0 Å². The van der Waals surface area contributed by atoms with Crippen molar-refractivity contribution in [2.45, 2.75) is 25.4 Å². The summed E-state index contributed by atoms with van der Waals surface area (Å²) in [4.78, 5) is 44.2. The lowest BCUT2D eigenvalue weighted by molar-refractivity contribution is -0.135. The third kappa shape index (κ3) is 4.57. The first-order valence-electron chi connectivity index (χ1n) is 11.4. The number of urea groups is 1. The first kappa shape index (κ1) is 22.8. The Bertz CT molecular complexity index is 1020. The van der Waals surface area contributed by atoms with Gasteiger partial charge >= 0.3 is 6.03 Å². The summed E-state index contributed by atoms with van der Waals surface area (Å²) in [7, 11) is 2.12. The van der Waals surface area contributed by atoms with Crippen molar-refractivity contribution in [1.29, 1.82) is 0 Å². The molecule has 8 heteroatoms. The minimum atomic E-state index is -1.13. The van der Waals surface area contributed by atoms with Crippen molar-refractivity contribution in [3.05, 3.63) is 65.7 Å². The number of rotatable bonds is 7. The second-order valence-corrected chi connectivity index (χ2v) is 8.64. The zero-order valence-corrected chi connectivity index (χ0v) is 19.2. The smallest absolute Gasteiger partial charge is 0.325 e. The van der Waals surface area contributed by atoms with E-state index < -0.39 is 17.5 Å². The minimum Gasteiger partial charge on any atom is -0.369 e. The van der Waals surface area contributed by atoms with Crippen LogP contribution in [0, 0.1) is 0 Å². The molecule has 0 radical (unpaired) electrons. The van der Waals surface area contributed by atoms with E-state index in [9.17, 15) is 14.4 Å². The third-order valence-corrected chi connectivity index (χ3v) is 6.59. The lowest BCUT2D eigenvalue weighted by Gasteiger charge is -2.35. The van der Waals surface area contributed by atoms with Crippen LogP contribution < -0.4 is 15.5 Å². The van der Waals surface area contributed by atoms with Crippen LogP contribution in [-0.2, 0) is 21.7 Å². The quantitative estimate of drug-likeness (QED) is 0.631. The standard InChI is InChI=1S/C25H31N5O3/c1-3-25(20-10-5-4-6-11-20)23(32)30(24(33)27-25)18-22(31)26-17-19-9-7-8-12-21(19)29-15-13-28(2)14-16-29/h4-12H,3,13-18H2,1-2H3,(H,26,31)(H,27,33). The first-order chi connectivity index (χ1) is 15.9. The maximum atomic E-state index is 13.2. The molecule has 4 rings (SSSR count). The highest BCUT2D eigenvalue weighted by Gasteiger charge is 2.51. The molecule has 2 aliphatic rings. The van der Waals surface area contributed by atoms with Crippen molar-refractivity contribution in [2.75, 3.05) is 44.7 Å². The molecule has 2 aromatic rings. The molecule has 8 nitrogen and oxygen atoms in total. The normalized spacial score (nSPS) is 21.3. The second kappa shape index (κ2) is 9.62. The molecular formula is C25H31N5O3. The average Bonchev–Trinajstić information content (AvgIpc) is 3.09. The molecular weight excluding hydrogens is 418 g/mol. The summed E-state index contributed by atoms with van der Waals surface area (Å²) in [5.41, 5.74) is 1.71. The van der Waals surface area contributed by atoms with E-state index in [0.717, 1.165) is 47.9 Å². The number of anilines is 1. The van der Waals surface area contributed by atoms with Gasteiger partial charge in [0.1, 0.15) is 12.1 Å². The maximum absolute atomic E-state index is 13.2. The van der Waals surface area contributed by atoms with Gasteiger partial charge in [-0.05, 0) is 30.7 Å². The molecule has 2 heterocycles. The van der Waals surface area contributed by atoms with Crippen molar-refractivity contribution in [2.24, 2.45) is 0 Å². The minimum absolute atomic E-state index is 0.310. The highest BCUT2D eigenvalue weighted by Crippen LogP contribution is 2.32. The van der Waals surface area contributed by atoms with Crippen LogP contribution in [0.5, 0.6) is 0 Å². The number of carbonyl (C=O) groups is 3. The monoisotopic (exact) mass is 449 g/mol. The largest absolute Gasteiger partial charge is 0.369 e. The van der Waals surface area contributed by atoms with E-state index in [1.54, 1.807) is 0 Å². The topological polar surface area (TPSA) is 85.0 Å². The highest BCUT2D eigenvalue weighted by molar-refractivity contribution is 6.09. The Morgan fingerprint density at radius 1 is 1.00 bits per heavy atom. The number of piperazine rings is 1. The van der Waals surface area contributed by atoms with Gasteiger partial charge in [0.25, 0.3) is 5.91 Å². The van der Waals surface area contributed by atoms with E-state index in [2.05, 4.69) is 33.5 Å². The molecule has 1 unspecified atom stereocenters. The summed E-state index contributed by atoms with van der Waals surface area (Å²) in [6.07, 6.45) is 0.401. The number of carbonyl (C=O) groups excluding carboxylic acids is 3. The van der Waals surface area contributed by atoms with Crippen molar-refractivity contribution in [1.82, 2.24) is 20.4 Å². The van der Waals surface area contributed by atoms with E-state index in [1.165, 1.54) is 0 Å². The molecule has 0 saturated carbocycles. The fourth-order valence-corrected chi connectivity index (χ4v) is 4.54. The third-order valence-electron chi connectivity index (χ3n) is 6.59. The van der Waals surface area contributed by atoms with Gasteiger partial charge in [0.05, 0.1) is 0 Å². The van der Waals surface area contributed by atoms with Crippen molar-refractivity contribution in [3.63, 3.8) is 0 Å². The molecule has 2 aliphatic heterocycles. The molecule has 33 heavy (non-hydrogen) atoms. The molecule has 0 aliphatic carbocycles. The van der Waals surface area contributed by atoms with Crippen LogP contribution in [0.25, 0.3) is 0 Å². The van der Waals surface area contributed by atoms with E-state index in [1.807, 2.05) is 55.5 Å². The Kier molecular flexibility index (Phi) is 6.65. The van der Waals surface area contributed by atoms with Gasteiger partial charge in [0, 0.05) is 38.4 Å². The number of likely N-dealkylation sites (N-methyl/N-ethyl adjacent to an activating group) is 1. The van der Waals surface area contributed by atoms with Crippen LogP contribution in [0.1, 0.15) is 24.5 Å². The Balaban J connectivity index is 1.41. The summed E-state index contributed by atoms with van der Waals surface area (Å²) in [6.45, 7) is 5.73. The Morgan fingerprint density at radius 3 is 2.36 bits per heavy atom. The number of hydrogen-bond acceptors (Lipinski definition) is 5. The lowest BCUT2D eigenvalue weighted by atomic mass is 9.87. The van der Waals surface area contributed by atoms with Gasteiger partial charge < -0.3 is 20.4 Å². The molecule has 2 aromatic carbocycles. The highest BCUT2D eigenvalue weighted by atomic mass is 16.2. The van der Waals surface area contributed by atoms with Crippen LogP contribution >= 0.6 is 0 Å². The summed E-state index contributed by atoms with van der Waals surface area (Å²) in [6, 6.07) is 16.6. The van der Waals surface area contributed by atoms with Gasteiger partial charge in [-0.15, -0.1) is 0 Å². The van der Waals surface area contributed by atoms with Gasteiger partial charge in [-0.2, -0.15) is 0 Å². The van der Waals surface area contributed by atoms with Crippen molar-refractivity contribution < 1.29 is 14.4 Å². The van der Waals surface area contributed by atoms with E-state index in [4.69, 9.17) is 0 Å². The van der Waals surface area contributed by atoms with Gasteiger partial charge in [0.2, 0.25) is 5.91 Å². The fourth-order valence-electron chi connectivity index (χ4n) is 4.54. The van der Waals surface area contributed by atoms with Crippen LogP contribution in [-0.4, -0.2) is 67.4 Å². The SMILES string of the molecule is CCC1(c2ccccc2)NC(=O)N(CC(=O)NCc2ccccc2N2CCN(C)CC2)C1=O. The number of nitrogens with one attached hydrogen (secondary N) is 2. The van der Waals surface area contributed by atoms with E-state index in [-0.39, 0.29) is 12.5 Å². The van der Waals surface area contributed by atoms with E-state index in [0.29, 0.717) is 13.0 Å². The molecule has 1 atom stereocenters. The molecule has 0 bridgehead atoms. The predicted octanol–water partition coefficient (Wildman–Crippen LogP) is 1.91. The number of amides is 4. The molecule has 0 aromatic heterocycles. The molecule has 2 saturated heterocycles. The van der Waals surface area contributed by atoms with Gasteiger partial charge in [-0.1, -0.05) is 55.5 Å². The Morgan fingerprint density at radius 2 is 1.67 bits per heavy atom. The molecule has 0 spiro atoms. The number of imide groups is 1. The zero-order valence-electron chi connectivity index (χ0n) is 19.2. The Hall–Kier alpha value is -3.39. The summed E-state index contributed by atoms with van der Waals surface area (Å²) >= 11 is 0. The fraction of sp³-hybridized carbons (Fsp3) is 0.400. The van der Waals surface area contributed by atoms with Gasteiger partial charge in [-0.25, -0.2) is 4.79 Å². The van der Waals surface area contributed by atoms with Crippen molar-refractivity contribution >= 4 is 23.5 Å². The predicted molar refractivity (Wildman–Crippen MR) is 127 cm³/mol. The lowest BCUT2D eigenvalue weighted by Crippen LogP contribution is -2.45. The summed E-state index contributed by atoms with van der Waals surface area (Å²) in [5, 5.41) is 5.71. The van der Waals surface area contributed by atoms with Crippen LogP contribution in [0.4, 0.5) is 10.5 Å². The molecule has 2 N–H and O–H groups in total. The zero-order chi connectivity index (χ0) is 23.4. The first-order valence-corrected chi connectivity index (χ1v) is 11.4. The number of benzene rings is 2. The summed E-state index contributed by atoms with van der Waals surface area (Å²) < 4.78 is 0. The maximum Gasteiger partial charge on any atom is 0.325 e. The number of para-hydroxylation sites is 1. The van der Waals surface area contributed by atoms with Gasteiger partial charge in [-0.3, -0.25) is 14.5 Å². The average molecular weight is 450 g/mol. The van der Waals surface area contributed by atoms with Crippen LogP contribution in [0.3, 0.4) is 0 Å². The second-order valence-electron chi connectivity index (χ2n) is 8.64. The van der Waals surface area contributed by atoms with Gasteiger partial charge in [0.15, 0.2) is 0 Å². The Labute approximate surface area is 194 Å². The summed E-state index contributed by atoms with van der Waals surface area (Å²) in [5.74, 6) is -0.763. The molecule has 174 valence electrons. The number of nitrogens with zero attached hydrogens (tertiary/aromatic N) is 3. The molecule has 2 fully saturated rings. The van der Waals surface area contributed by atoms with Crippen LogP contribution in [0.15, 0.2) is 54.6 Å². The van der Waals surface area contributed by atoms with Crippen molar-refractivity contribution in [3.8, 4) is 0 Å². The molecule has 4 amide bonds. The van der Waals surface area contributed by atoms with E-state index >= 15 is 0 Å².